The molecule has 2 amide bonds. The molecule has 142 valence electrons. The number of nitrogens with zero attached hydrogens (tertiary/aromatic N) is 1. The third-order valence-corrected chi connectivity index (χ3v) is 7.04. The van der Waals surface area contributed by atoms with Crippen molar-refractivity contribution in [1.29, 1.82) is 0 Å². The highest BCUT2D eigenvalue weighted by molar-refractivity contribution is 5.99. The number of aromatic amines is 1. The van der Waals surface area contributed by atoms with Crippen LogP contribution in [0, 0.1) is 11.8 Å². The molecule has 2 fully saturated rings. The molecule has 5 nitrogen and oxygen atoms in total. The molecule has 0 spiro atoms. The highest BCUT2D eigenvalue weighted by Gasteiger charge is 2.40. The normalized spacial score (nSPS) is 27.1. The fraction of sp³-hybridized carbons (Fsp3) is 0.545. The number of aromatic nitrogens is 1. The average molecular weight is 365 g/mol. The van der Waals surface area contributed by atoms with Gasteiger partial charge in [-0.2, -0.15) is 0 Å². The summed E-state index contributed by atoms with van der Waals surface area (Å²) in [7, 11) is 1.92. The SMILES string of the molecule is CN(C(=O)c1ccc2c3c([nH]c2c1)CCCC3)[C@H]1C[C@H]2CNC(=O)C[C@H]2C1. The third kappa shape index (κ3) is 2.84. The standard InChI is InChI=1S/C22H27N3O2/c1-25(16-8-14-11-21(26)23-12-15(14)9-16)22(27)13-6-7-18-17-4-2-3-5-19(17)24-20(18)10-13/h6-7,10,14-16,24H,2-5,8-9,11-12H2,1H3,(H,23,26)/t14-,15+,16-/m1/s1. The number of H-pyrrole nitrogens is 1. The second kappa shape index (κ2) is 6.39. The Morgan fingerprint density at radius 3 is 2.85 bits per heavy atom. The van der Waals surface area contributed by atoms with Gasteiger partial charge in [-0.3, -0.25) is 9.59 Å². The Bertz CT molecular complexity index is 916. The van der Waals surface area contributed by atoms with Crippen LogP contribution in [0.15, 0.2) is 18.2 Å². The molecule has 5 heteroatoms. The molecule has 2 aromatic rings. The molecule has 3 atom stereocenters. The minimum Gasteiger partial charge on any atom is -0.358 e. The number of amides is 2. The fourth-order valence-corrected chi connectivity index (χ4v) is 5.47. The van der Waals surface area contributed by atoms with Gasteiger partial charge in [0.05, 0.1) is 0 Å². The molecule has 2 aliphatic carbocycles. The Balaban J connectivity index is 1.36. The summed E-state index contributed by atoms with van der Waals surface area (Å²) in [6, 6.07) is 6.36. The van der Waals surface area contributed by atoms with E-state index in [-0.39, 0.29) is 17.9 Å². The van der Waals surface area contributed by atoms with Gasteiger partial charge in [0.1, 0.15) is 0 Å². The summed E-state index contributed by atoms with van der Waals surface area (Å²) >= 11 is 0. The lowest BCUT2D eigenvalue weighted by molar-refractivity contribution is -0.124. The number of hydrogen-bond donors (Lipinski definition) is 2. The Kier molecular flexibility index (Phi) is 3.99. The predicted molar refractivity (Wildman–Crippen MR) is 105 cm³/mol. The molecule has 27 heavy (non-hydrogen) atoms. The number of benzene rings is 1. The number of fused-ring (bicyclic) bond motifs is 4. The van der Waals surface area contributed by atoms with Gasteiger partial charge in [0.25, 0.3) is 5.91 Å². The Hall–Kier alpha value is -2.30. The number of carbonyl (C=O) groups is 2. The van der Waals surface area contributed by atoms with Crippen LogP contribution in [0.1, 0.15) is 53.7 Å². The lowest BCUT2D eigenvalue weighted by Gasteiger charge is -2.25. The number of carbonyl (C=O) groups excluding carboxylic acids is 2. The highest BCUT2D eigenvalue weighted by Crippen LogP contribution is 2.38. The van der Waals surface area contributed by atoms with E-state index >= 15 is 0 Å². The minimum absolute atomic E-state index is 0.0902. The van der Waals surface area contributed by atoms with Gasteiger partial charge in [-0.25, -0.2) is 0 Å². The lowest BCUT2D eigenvalue weighted by atomic mass is 9.89. The first-order chi connectivity index (χ1) is 13.1. The van der Waals surface area contributed by atoms with Crippen LogP contribution in [0.4, 0.5) is 0 Å². The van der Waals surface area contributed by atoms with E-state index in [0.29, 0.717) is 18.3 Å². The van der Waals surface area contributed by atoms with Crippen LogP contribution in [0.25, 0.3) is 10.9 Å². The number of piperidine rings is 1. The Morgan fingerprint density at radius 1 is 1.15 bits per heavy atom. The number of rotatable bonds is 2. The quantitative estimate of drug-likeness (QED) is 0.859. The van der Waals surface area contributed by atoms with E-state index in [1.54, 1.807) is 0 Å². The molecule has 0 bridgehead atoms. The molecule has 3 aliphatic rings. The van der Waals surface area contributed by atoms with Gasteiger partial charge in [0.2, 0.25) is 5.91 Å². The maximum atomic E-state index is 13.1. The summed E-state index contributed by atoms with van der Waals surface area (Å²) in [5, 5.41) is 4.25. The van der Waals surface area contributed by atoms with Gasteiger partial charge in [-0.05, 0) is 68.1 Å². The molecular weight excluding hydrogens is 338 g/mol. The van der Waals surface area contributed by atoms with Crippen molar-refractivity contribution >= 4 is 22.7 Å². The summed E-state index contributed by atoms with van der Waals surface area (Å²) < 4.78 is 0. The van der Waals surface area contributed by atoms with Crippen molar-refractivity contribution in [3.05, 3.63) is 35.0 Å². The highest BCUT2D eigenvalue weighted by atomic mass is 16.2. The van der Waals surface area contributed by atoms with E-state index in [4.69, 9.17) is 0 Å². The van der Waals surface area contributed by atoms with E-state index in [1.807, 2.05) is 24.1 Å². The van der Waals surface area contributed by atoms with Gasteiger partial charge < -0.3 is 15.2 Å². The summed E-state index contributed by atoms with van der Waals surface area (Å²) in [4.78, 5) is 30.2. The van der Waals surface area contributed by atoms with Gasteiger partial charge in [-0.1, -0.05) is 6.07 Å². The van der Waals surface area contributed by atoms with E-state index < -0.39 is 0 Å². The van der Waals surface area contributed by atoms with Gasteiger partial charge in [0, 0.05) is 48.2 Å². The first-order valence-corrected chi connectivity index (χ1v) is 10.3. The molecule has 1 saturated heterocycles. The minimum atomic E-state index is 0.0902. The van der Waals surface area contributed by atoms with Gasteiger partial charge in [-0.15, -0.1) is 0 Å². The summed E-state index contributed by atoms with van der Waals surface area (Å²) in [5.41, 5.74) is 4.65. The lowest BCUT2D eigenvalue weighted by Crippen LogP contribution is -2.38. The molecule has 1 aromatic carbocycles. The van der Waals surface area contributed by atoms with Crippen LogP contribution >= 0.6 is 0 Å². The Labute approximate surface area is 159 Å². The third-order valence-electron chi connectivity index (χ3n) is 7.04. The van der Waals surface area contributed by atoms with Gasteiger partial charge >= 0.3 is 0 Å². The van der Waals surface area contributed by atoms with Crippen LogP contribution < -0.4 is 5.32 Å². The molecule has 0 unspecified atom stereocenters. The van der Waals surface area contributed by atoms with E-state index in [9.17, 15) is 9.59 Å². The zero-order valence-electron chi connectivity index (χ0n) is 15.9. The van der Waals surface area contributed by atoms with Crippen molar-refractivity contribution in [2.24, 2.45) is 11.8 Å². The predicted octanol–water partition coefficient (Wildman–Crippen LogP) is 3.03. The summed E-state index contributed by atoms with van der Waals surface area (Å²) in [5.74, 6) is 1.19. The van der Waals surface area contributed by atoms with Crippen molar-refractivity contribution in [1.82, 2.24) is 15.2 Å². The van der Waals surface area contributed by atoms with E-state index in [1.165, 1.54) is 29.5 Å². The van der Waals surface area contributed by atoms with Crippen LogP contribution in [0.3, 0.4) is 0 Å². The van der Waals surface area contributed by atoms with Crippen LogP contribution in [-0.4, -0.2) is 41.3 Å². The number of aryl methyl sites for hydroxylation is 2. The number of hydrogen-bond acceptors (Lipinski definition) is 2. The molecule has 0 radical (unpaired) electrons. The monoisotopic (exact) mass is 365 g/mol. The van der Waals surface area contributed by atoms with Crippen molar-refractivity contribution in [3.8, 4) is 0 Å². The topological polar surface area (TPSA) is 65.2 Å². The second-order valence-corrected chi connectivity index (χ2v) is 8.62. The number of nitrogens with one attached hydrogen (secondary N) is 2. The average Bonchev–Trinajstić information content (AvgIpc) is 3.26. The van der Waals surface area contributed by atoms with Crippen molar-refractivity contribution in [3.63, 3.8) is 0 Å². The molecule has 2 N–H and O–H groups in total. The largest absolute Gasteiger partial charge is 0.358 e. The fourth-order valence-electron chi connectivity index (χ4n) is 5.47. The van der Waals surface area contributed by atoms with E-state index in [0.717, 1.165) is 43.3 Å². The van der Waals surface area contributed by atoms with Gasteiger partial charge in [0.15, 0.2) is 0 Å². The van der Waals surface area contributed by atoms with E-state index in [2.05, 4.69) is 16.4 Å². The first kappa shape index (κ1) is 16.8. The zero-order valence-corrected chi connectivity index (χ0v) is 15.9. The molecule has 1 saturated carbocycles. The second-order valence-electron chi connectivity index (χ2n) is 8.62. The van der Waals surface area contributed by atoms with Crippen molar-refractivity contribution in [2.75, 3.05) is 13.6 Å². The smallest absolute Gasteiger partial charge is 0.253 e. The van der Waals surface area contributed by atoms with Crippen LogP contribution in [0.2, 0.25) is 0 Å². The van der Waals surface area contributed by atoms with Crippen molar-refractivity contribution < 1.29 is 9.59 Å². The molecular formula is C22H27N3O2. The zero-order chi connectivity index (χ0) is 18.5. The maximum absolute atomic E-state index is 13.1. The maximum Gasteiger partial charge on any atom is 0.253 e. The summed E-state index contributed by atoms with van der Waals surface area (Å²) in [6.07, 6.45) is 7.31. The summed E-state index contributed by atoms with van der Waals surface area (Å²) in [6.45, 7) is 0.766. The Morgan fingerprint density at radius 2 is 1.96 bits per heavy atom. The van der Waals surface area contributed by atoms with Crippen LogP contribution in [0.5, 0.6) is 0 Å². The van der Waals surface area contributed by atoms with Crippen LogP contribution in [-0.2, 0) is 17.6 Å². The molecule has 1 aromatic heterocycles. The molecule has 2 heterocycles. The first-order valence-electron chi connectivity index (χ1n) is 10.3. The molecule has 1 aliphatic heterocycles. The molecule has 5 rings (SSSR count). The van der Waals surface area contributed by atoms with Crippen molar-refractivity contribution in [2.45, 2.75) is 51.0 Å².